The second kappa shape index (κ2) is 6.99. The Balaban J connectivity index is 1.40. The van der Waals surface area contributed by atoms with Crippen LogP contribution in [0.1, 0.15) is 25.5 Å². The predicted octanol–water partition coefficient (Wildman–Crippen LogP) is 2.17. The van der Waals surface area contributed by atoms with Crippen LogP contribution in [0.2, 0.25) is 0 Å². The molecule has 0 radical (unpaired) electrons. The Morgan fingerprint density at radius 2 is 2.30 bits per heavy atom. The fourth-order valence-electron chi connectivity index (χ4n) is 3.01. The molecule has 1 aromatic heterocycles. The predicted molar refractivity (Wildman–Crippen MR) is 101 cm³/mol. The van der Waals surface area contributed by atoms with Gasteiger partial charge in [0, 0.05) is 24.0 Å². The number of ether oxygens (including phenoxy) is 1. The highest BCUT2D eigenvalue weighted by atomic mass is 32.1. The van der Waals surface area contributed by atoms with Crippen molar-refractivity contribution in [2.45, 2.75) is 32.3 Å². The van der Waals surface area contributed by atoms with Crippen LogP contribution < -0.4 is 20.3 Å². The number of nitrogens with zero attached hydrogens (tertiary/aromatic N) is 2. The number of carbonyl (C=O) groups is 3. The Kier molecular flexibility index (Phi) is 4.53. The Bertz CT molecular complexity index is 926. The number of aromatic nitrogens is 1. The third-order valence-corrected chi connectivity index (χ3v) is 5.29. The number of carbonyl (C=O) groups excluding carboxylic acids is 3. The summed E-state index contributed by atoms with van der Waals surface area (Å²) in [6.45, 7) is 2.35. The van der Waals surface area contributed by atoms with Crippen LogP contribution >= 0.6 is 11.3 Å². The van der Waals surface area contributed by atoms with Gasteiger partial charge >= 0.3 is 0 Å². The number of hydrogen-bond acceptors (Lipinski definition) is 6. The summed E-state index contributed by atoms with van der Waals surface area (Å²) < 4.78 is 5.49. The van der Waals surface area contributed by atoms with Crippen LogP contribution in [0.3, 0.4) is 0 Å². The van der Waals surface area contributed by atoms with Crippen molar-refractivity contribution in [2.24, 2.45) is 0 Å². The van der Waals surface area contributed by atoms with Crippen LogP contribution in [0.5, 0.6) is 5.75 Å². The molecular formula is C18H18N4O4S. The van der Waals surface area contributed by atoms with Gasteiger partial charge in [-0.25, -0.2) is 4.98 Å². The molecule has 2 N–H and O–H groups in total. The van der Waals surface area contributed by atoms with Crippen molar-refractivity contribution in [3.63, 3.8) is 0 Å². The maximum Gasteiger partial charge on any atom is 0.265 e. The maximum atomic E-state index is 12.3. The van der Waals surface area contributed by atoms with Crippen molar-refractivity contribution in [3.8, 4) is 5.75 Å². The lowest BCUT2D eigenvalue weighted by Crippen LogP contribution is -2.34. The van der Waals surface area contributed by atoms with E-state index in [1.54, 1.807) is 35.4 Å². The van der Waals surface area contributed by atoms with E-state index >= 15 is 0 Å². The smallest absolute Gasteiger partial charge is 0.265 e. The quantitative estimate of drug-likeness (QED) is 0.839. The highest BCUT2D eigenvalue weighted by Crippen LogP contribution is 2.32. The first kappa shape index (κ1) is 17.5. The summed E-state index contributed by atoms with van der Waals surface area (Å²) in [6.07, 6.45) is 0.952. The van der Waals surface area contributed by atoms with E-state index in [0.717, 1.165) is 6.42 Å². The van der Waals surface area contributed by atoms with Crippen molar-refractivity contribution >= 4 is 45.6 Å². The lowest BCUT2D eigenvalue weighted by Gasteiger charge is -2.23. The highest BCUT2D eigenvalue weighted by Gasteiger charge is 2.25. The first-order valence-electron chi connectivity index (χ1n) is 8.66. The van der Waals surface area contributed by atoms with Crippen molar-refractivity contribution in [1.29, 1.82) is 0 Å². The van der Waals surface area contributed by atoms with E-state index < -0.39 is 6.10 Å². The van der Waals surface area contributed by atoms with Crippen LogP contribution in [0, 0.1) is 0 Å². The monoisotopic (exact) mass is 386 g/mol. The van der Waals surface area contributed by atoms with Gasteiger partial charge in [-0.15, -0.1) is 11.3 Å². The first-order valence-corrected chi connectivity index (χ1v) is 9.54. The van der Waals surface area contributed by atoms with E-state index in [9.17, 15) is 14.4 Å². The van der Waals surface area contributed by atoms with Gasteiger partial charge in [0.15, 0.2) is 11.2 Å². The Hall–Kier alpha value is -2.94. The summed E-state index contributed by atoms with van der Waals surface area (Å²) in [5.41, 5.74) is 1.71. The Morgan fingerprint density at radius 1 is 1.44 bits per heavy atom. The molecular weight excluding hydrogens is 368 g/mol. The van der Waals surface area contributed by atoms with Gasteiger partial charge in [-0.1, -0.05) is 0 Å². The van der Waals surface area contributed by atoms with Gasteiger partial charge in [0.1, 0.15) is 5.75 Å². The van der Waals surface area contributed by atoms with Crippen molar-refractivity contribution in [2.75, 3.05) is 22.1 Å². The largest absolute Gasteiger partial charge is 0.479 e. The van der Waals surface area contributed by atoms with Crippen molar-refractivity contribution in [3.05, 3.63) is 29.3 Å². The van der Waals surface area contributed by atoms with Crippen LogP contribution in [-0.2, 0) is 20.8 Å². The number of rotatable bonds is 4. The molecule has 27 heavy (non-hydrogen) atoms. The van der Waals surface area contributed by atoms with Gasteiger partial charge in [0.2, 0.25) is 11.8 Å². The number of fused-ring (bicyclic) bond motifs is 1. The molecule has 9 heteroatoms. The standard InChI is InChI=1S/C18H18N4O4S/c1-10-17(25)21-13-7-11(4-5-14(13)26-10)19-15(23)8-12-9-27-18(20-12)22-6-2-3-16(22)24/h4-5,7,9-10H,2-3,6,8H2,1H3,(H,19,23)(H,21,25)/t10-/m0/s1. The number of anilines is 3. The lowest BCUT2D eigenvalue weighted by molar-refractivity contribution is -0.122. The first-order chi connectivity index (χ1) is 13.0. The topological polar surface area (TPSA) is 101 Å². The third kappa shape index (κ3) is 3.63. The SMILES string of the molecule is C[C@@H]1Oc2ccc(NC(=O)Cc3csc(N4CCCC4=O)n3)cc2NC1=O. The Morgan fingerprint density at radius 3 is 3.07 bits per heavy atom. The van der Waals surface area contributed by atoms with E-state index in [2.05, 4.69) is 15.6 Å². The average molecular weight is 386 g/mol. The summed E-state index contributed by atoms with van der Waals surface area (Å²) in [5.74, 6) is 0.195. The molecule has 4 rings (SSSR count). The minimum Gasteiger partial charge on any atom is -0.479 e. The van der Waals surface area contributed by atoms with E-state index in [4.69, 9.17) is 4.74 Å². The van der Waals surface area contributed by atoms with Crippen LogP contribution in [0.4, 0.5) is 16.5 Å². The average Bonchev–Trinajstić information content (AvgIpc) is 3.24. The summed E-state index contributed by atoms with van der Waals surface area (Å²) >= 11 is 1.37. The number of amides is 3. The van der Waals surface area contributed by atoms with Crippen LogP contribution in [-0.4, -0.2) is 35.4 Å². The maximum absolute atomic E-state index is 12.3. The Labute approximate surface area is 159 Å². The molecule has 2 aliphatic heterocycles. The molecule has 8 nitrogen and oxygen atoms in total. The molecule has 0 aliphatic carbocycles. The second-order valence-electron chi connectivity index (χ2n) is 6.46. The van der Waals surface area contributed by atoms with Crippen LogP contribution in [0.15, 0.2) is 23.6 Å². The summed E-state index contributed by atoms with van der Waals surface area (Å²) in [7, 11) is 0. The molecule has 1 aromatic carbocycles. The molecule has 3 amide bonds. The minimum absolute atomic E-state index is 0.0768. The summed E-state index contributed by atoms with van der Waals surface area (Å²) in [6, 6.07) is 5.09. The van der Waals surface area contributed by atoms with E-state index in [1.807, 2.05) is 0 Å². The molecule has 1 fully saturated rings. The van der Waals surface area contributed by atoms with E-state index in [1.165, 1.54) is 11.3 Å². The molecule has 1 atom stereocenters. The van der Waals surface area contributed by atoms with Crippen molar-refractivity contribution in [1.82, 2.24) is 4.98 Å². The number of thiazole rings is 1. The van der Waals surface area contributed by atoms with Gasteiger partial charge in [-0.05, 0) is 31.5 Å². The zero-order chi connectivity index (χ0) is 19.0. The molecule has 0 spiro atoms. The number of benzene rings is 1. The molecule has 2 aromatic rings. The normalized spacial score (nSPS) is 18.7. The molecule has 0 unspecified atom stereocenters. The van der Waals surface area contributed by atoms with E-state index in [-0.39, 0.29) is 24.1 Å². The minimum atomic E-state index is -0.542. The zero-order valence-corrected chi connectivity index (χ0v) is 15.5. The summed E-state index contributed by atoms with van der Waals surface area (Å²) in [4.78, 5) is 41.9. The lowest BCUT2D eigenvalue weighted by atomic mass is 10.2. The van der Waals surface area contributed by atoms with Crippen LogP contribution in [0.25, 0.3) is 0 Å². The van der Waals surface area contributed by atoms with Gasteiger partial charge in [0.25, 0.3) is 5.91 Å². The molecule has 1 saturated heterocycles. The fourth-order valence-corrected chi connectivity index (χ4v) is 3.88. The highest BCUT2D eigenvalue weighted by molar-refractivity contribution is 7.14. The van der Waals surface area contributed by atoms with Crippen molar-refractivity contribution < 1.29 is 19.1 Å². The molecule has 140 valence electrons. The van der Waals surface area contributed by atoms with Gasteiger partial charge in [-0.2, -0.15) is 0 Å². The zero-order valence-electron chi connectivity index (χ0n) is 14.7. The van der Waals surface area contributed by atoms with Gasteiger partial charge < -0.3 is 15.4 Å². The third-order valence-electron chi connectivity index (χ3n) is 4.38. The number of hydrogen-bond donors (Lipinski definition) is 2. The van der Waals surface area contributed by atoms with E-state index in [0.29, 0.717) is 40.9 Å². The fraction of sp³-hybridized carbons (Fsp3) is 0.333. The molecule has 0 saturated carbocycles. The number of nitrogens with one attached hydrogen (secondary N) is 2. The summed E-state index contributed by atoms with van der Waals surface area (Å²) in [5, 5.41) is 7.98. The molecule has 0 bridgehead atoms. The second-order valence-corrected chi connectivity index (χ2v) is 7.29. The molecule has 3 heterocycles. The van der Waals surface area contributed by atoms with Gasteiger partial charge in [-0.3, -0.25) is 19.3 Å². The van der Waals surface area contributed by atoms with Gasteiger partial charge in [0.05, 0.1) is 17.8 Å². The molecule has 2 aliphatic rings.